The molecule has 1 saturated heterocycles. The van der Waals surface area contributed by atoms with Gasteiger partial charge in [-0.15, -0.1) is 0 Å². The fraction of sp³-hybridized carbons (Fsp3) is 0.684. The molecule has 0 spiro atoms. The number of hydrogen-bond donors (Lipinski definition) is 0. The summed E-state index contributed by atoms with van der Waals surface area (Å²) in [5, 5.41) is 1.24. The highest BCUT2D eigenvalue weighted by Gasteiger charge is 2.43. The molecule has 1 heterocycles. The molecule has 4 heteroatoms. The highest BCUT2D eigenvalue weighted by atomic mass is 28.4. The van der Waals surface area contributed by atoms with Gasteiger partial charge in [-0.1, -0.05) is 37.3 Å². The molecule has 0 amide bonds. The Hall–Kier alpha value is -0.683. The number of benzene rings is 1. The lowest BCUT2D eigenvalue weighted by Gasteiger charge is -2.28. The first-order chi connectivity index (χ1) is 11.2. The van der Waals surface area contributed by atoms with E-state index in [0.717, 1.165) is 32.0 Å². The Balaban J connectivity index is 1.46. The monoisotopic (exact) mass is 334 g/mol. The van der Waals surface area contributed by atoms with E-state index in [4.69, 9.17) is 13.6 Å². The van der Waals surface area contributed by atoms with Crippen LogP contribution in [0, 0.1) is 5.92 Å². The average molecular weight is 335 g/mol. The summed E-state index contributed by atoms with van der Waals surface area (Å²) >= 11 is 0. The zero-order valence-corrected chi connectivity index (χ0v) is 15.5. The molecule has 1 aromatic carbocycles. The molecule has 2 fully saturated rings. The highest BCUT2D eigenvalue weighted by molar-refractivity contribution is 6.79. The van der Waals surface area contributed by atoms with Gasteiger partial charge in [0.2, 0.25) is 0 Å². The van der Waals surface area contributed by atoms with Crippen molar-refractivity contribution >= 4 is 13.7 Å². The van der Waals surface area contributed by atoms with Gasteiger partial charge in [0, 0.05) is 13.2 Å². The smallest absolute Gasteiger partial charge is 0.369 e. The van der Waals surface area contributed by atoms with Crippen LogP contribution in [0.3, 0.4) is 0 Å². The molecule has 4 atom stereocenters. The fourth-order valence-corrected chi connectivity index (χ4v) is 5.98. The largest absolute Gasteiger partial charge is 0.391 e. The first-order valence-corrected chi connectivity index (χ1v) is 11.5. The Morgan fingerprint density at radius 1 is 1.09 bits per heavy atom. The van der Waals surface area contributed by atoms with Crippen molar-refractivity contribution in [2.75, 3.05) is 13.2 Å². The van der Waals surface area contributed by atoms with Crippen molar-refractivity contribution in [2.24, 2.45) is 5.92 Å². The van der Waals surface area contributed by atoms with Crippen molar-refractivity contribution in [3.63, 3.8) is 0 Å². The molecule has 3 nitrogen and oxygen atoms in total. The minimum Gasteiger partial charge on any atom is -0.391 e. The van der Waals surface area contributed by atoms with Crippen LogP contribution in [0.2, 0.25) is 6.55 Å². The van der Waals surface area contributed by atoms with E-state index >= 15 is 0 Å². The summed E-state index contributed by atoms with van der Waals surface area (Å²) in [5.41, 5.74) is 0. The van der Waals surface area contributed by atoms with E-state index in [0.29, 0.717) is 12.2 Å². The number of epoxide rings is 1. The molecule has 0 N–H and O–H groups in total. The lowest BCUT2D eigenvalue weighted by molar-refractivity contribution is 0.177. The van der Waals surface area contributed by atoms with Gasteiger partial charge in [-0.2, -0.15) is 0 Å². The van der Waals surface area contributed by atoms with Crippen LogP contribution in [0.1, 0.15) is 45.4 Å². The standard InChI is InChI=1S/C19H30O3Si/c1-3-13-20-23(2,17-9-5-4-6-10-17)21-14-7-8-16-11-12-18-19(15-16)22-18/h4-6,9-10,16,18-19H,3,7-8,11-15H2,1-2H3. The van der Waals surface area contributed by atoms with Gasteiger partial charge < -0.3 is 13.6 Å². The van der Waals surface area contributed by atoms with E-state index in [1.165, 1.54) is 30.9 Å². The SMILES string of the molecule is CCCO[Si](C)(OCCCC1CCC2OC2C1)c1ccccc1. The van der Waals surface area contributed by atoms with E-state index in [9.17, 15) is 0 Å². The van der Waals surface area contributed by atoms with Crippen LogP contribution in [-0.2, 0) is 13.6 Å². The van der Waals surface area contributed by atoms with Crippen molar-refractivity contribution in [3.05, 3.63) is 30.3 Å². The molecular weight excluding hydrogens is 304 g/mol. The molecule has 1 aromatic rings. The van der Waals surface area contributed by atoms with E-state index < -0.39 is 8.56 Å². The summed E-state index contributed by atoms with van der Waals surface area (Å²) in [4.78, 5) is 0. The van der Waals surface area contributed by atoms with Gasteiger partial charge in [-0.05, 0) is 56.2 Å². The van der Waals surface area contributed by atoms with Gasteiger partial charge in [-0.3, -0.25) is 0 Å². The molecule has 23 heavy (non-hydrogen) atoms. The third kappa shape index (κ3) is 4.66. The summed E-state index contributed by atoms with van der Waals surface area (Å²) < 4.78 is 18.1. The highest BCUT2D eigenvalue weighted by Crippen LogP contribution is 2.40. The Bertz CT molecular complexity index is 481. The topological polar surface area (TPSA) is 31.0 Å². The van der Waals surface area contributed by atoms with Gasteiger partial charge >= 0.3 is 8.56 Å². The summed E-state index contributed by atoms with van der Waals surface area (Å²) in [6, 6.07) is 10.5. The first-order valence-electron chi connectivity index (χ1n) is 9.20. The molecular formula is C19H30O3Si. The van der Waals surface area contributed by atoms with E-state index in [1.807, 2.05) is 0 Å². The maximum absolute atomic E-state index is 6.33. The van der Waals surface area contributed by atoms with Crippen LogP contribution in [0.15, 0.2) is 30.3 Å². The van der Waals surface area contributed by atoms with Crippen LogP contribution in [-0.4, -0.2) is 34.0 Å². The maximum atomic E-state index is 6.33. The number of hydrogen-bond acceptors (Lipinski definition) is 3. The van der Waals surface area contributed by atoms with Gasteiger partial charge in [0.1, 0.15) is 0 Å². The van der Waals surface area contributed by atoms with Crippen LogP contribution in [0.5, 0.6) is 0 Å². The van der Waals surface area contributed by atoms with Crippen LogP contribution in [0.25, 0.3) is 0 Å². The van der Waals surface area contributed by atoms with Gasteiger partial charge in [-0.25, -0.2) is 0 Å². The molecule has 2 aliphatic rings. The second-order valence-electron chi connectivity index (χ2n) is 7.04. The predicted molar refractivity (Wildman–Crippen MR) is 95.1 cm³/mol. The van der Waals surface area contributed by atoms with Gasteiger partial charge in [0.25, 0.3) is 0 Å². The minimum atomic E-state index is -2.26. The first kappa shape index (κ1) is 17.2. The van der Waals surface area contributed by atoms with Crippen molar-refractivity contribution in [3.8, 4) is 0 Å². The zero-order chi connectivity index (χ0) is 16.1. The molecule has 0 aromatic heterocycles. The van der Waals surface area contributed by atoms with Crippen molar-refractivity contribution in [1.29, 1.82) is 0 Å². The lowest BCUT2D eigenvalue weighted by Crippen LogP contribution is -2.51. The summed E-state index contributed by atoms with van der Waals surface area (Å²) in [7, 11) is -2.26. The van der Waals surface area contributed by atoms with E-state index in [-0.39, 0.29) is 0 Å². The maximum Gasteiger partial charge on any atom is 0.369 e. The second-order valence-corrected chi connectivity index (χ2v) is 10.1. The Kier molecular flexibility index (Phi) is 5.91. The van der Waals surface area contributed by atoms with Crippen molar-refractivity contribution in [1.82, 2.24) is 0 Å². The van der Waals surface area contributed by atoms with Crippen LogP contribution in [0.4, 0.5) is 0 Å². The number of ether oxygens (including phenoxy) is 1. The van der Waals surface area contributed by atoms with Gasteiger partial charge in [0.05, 0.1) is 12.2 Å². The minimum absolute atomic E-state index is 0.589. The predicted octanol–water partition coefficient (Wildman–Crippen LogP) is 3.76. The summed E-state index contributed by atoms with van der Waals surface area (Å²) in [6.07, 6.45) is 8.50. The molecule has 128 valence electrons. The third-order valence-corrected chi connectivity index (χ3v) is 8.02. The van der Waals surface area contributed by atoms with E-state index in [1.54, 1.807) is 0 Å². The number of fused-ring (bicyclic) bond motifs is 1. The molecule has 1 aliphatic carbocycles. The quantitative estimate of drug-likeness (QED) is 0.391. The molecule has 1 saturated carbocycles. The zero-order valence-electron chi connectivity index (χ0n) is 14.5. The van der Waals surface area contributed by atoms with Crippen LogP contribution >= 0.6 is 0 Å². The summed E-state index contributed by atoms with van der Waals surface area (Å²) in [6.45, 7) is 5.92. The molecule has 0 bridgehead atoms. The number of rotatable bonds is 9. The average Bonchev–Trinajstić information content (AvgIpc) is 3.36. The van der Waals surface area contributed by atoms with E-state index in [2.05, 4.69) is 43.8 Å². The molecule has 0 radical (unpaired) electrons. The Labute approximate surface area is 141 Å². The Morgan fingerprint density at radius 3 is 2.61 bits per heavy atom. The van der Waals surface area contributed by atoms with Crippen LogP contribution < -0.4 is 5.19 Å². The van der Waals surface area contributed by atoms with Gasteiger partial charge in [0.15, 0.2) is 0 Å². The fourth-order valence-electron chi connectivity index (χ4n) is 3.63. The lowest BCUT2D eigenvalue weighted by atomic mass is 9.86. The third-order valence-electron chi connectivity index (χ3n) is 5.13. The second kappa shape index (κ2) is 7.93. The molecule has 1 aliphatic heterocycles. The molecule has 3 rings (SSSR count). The van der Waals surface area contributed by atoms with Crippen molar-refractivity contribution in [2.45, 2.75) is 64.2 Å². The normalized spacial score (nSPS) is 28.9. The molecule has 4 unspecified atom stereocenters. The van der Waals surface area contributed by atoms with Crippen molar-refractivity contribution < 1.29 is 13.6 Å². The summed E-state index contributed by atoms with van der Waals surface area (Å²) in [5.74, 6) is 0.837. The Morgan fingerprint density at radius 2 is 1.87 bits per heavy atom.